The Morgan fingerprint density at radius 2 is 1.26 bits per heavy atom. The molecule has 23 heavy (non-hydrogen) atoms. The van der Waals surface area contributed by atoms with Crippen LogP contribution in [0.2, 0.25) is 13.3 Å². The zero-order chi connectivity index (χ0) is 17.0. The van der Waals surface area contributed by atoms with Gasteiger partial charge in [0.25, 0.3) is 0 Å². The topological polar surface area (TPSA) is 12.4 Å². The summed E-state index contributed by atoms with van der Waals surface area (Å²) in [5, 5.41) is 0. The van der Waals surface area contributed by atoms with Gasteiger partial charge in [-0.1, -0.05) is 0 Å². The molecule has 0 spiro atoms. The van der Waals surface area contributed by atoms with Crippen molar-refractivity contribution in [1.82, 2.24) is 0 Å². The SMILES string of the molecule is CCC[CH2][Sn]([CH2]CCC)([CH2]CCC)[C](CC)=Nc1ccccc1. The third kappa shape index (κ3) is 6.99. The van der Waals surface area contributed by atoms with E-state index in [0.717, 1.165) is 0 Å². The molecule has 0 aliphatic carbocycles. The Morgan fingerprint density at radius 1 is 0.783 bits per heavy atom. The van der Waals surface area contributed by atoms with Crippen LogP contribution in [0.4, 0.5) is 5.69 Å². The van der Waals surface area contributed by atoms with E-state index in [9.17, 15) is 0 Å². The van der Waals surface area contributed by atoms with E-state index in [-0.39, 0.29) is 0 Å². The molecule has 130 valence electrons. The summed E-state index contributed by atoms with van der Waals surface area (Å²) < 4.78 is 6.21. The fraction of sp³-hybridized carbons (Fsp3) is 0.667. The summed E-state index contributed by atoms with van der Waals surface area (Å²) >= 11 is -2.31. The molecule has 0 fully saturated rings. The molecule has 1 aromatic carbocycles. The first-order valence-corrected chi connectivity index (χ1v) is 17.3. The Kier molecular flexibility index (Phi) is 10.9. The molecule has 0 unspecified atom stereocenters. The van der Waals surface area contributed by atoms with Crippen LogP contribution in [0.1, 0.15) is 72.6 Å². The fourth-order valence-electron chi connectivity index (χ4n) is 3.58. The molecule has 2 heteroatoms. The Bertz CT molecular complexity index is 417. The second kappa shape index (κ2) is 12.1. The van der Waals surface area contributed by atoms with Crippen molar-refractivity contribution in [3.8, 4) is 0 Å². The number of rotatable bonds is 12. The molecule has 0 bridgehead atoms. The summed E-state index contributed by atoms with van der Waals surface area (Å²) in [6.45, 7) is 9.37. The van der Waals surface area contributed by atoms with E-state index in [2.05, 4.69) is 58.0 Å². The van der Waals surface area contributed by atoms with Gasteiger partial charge in [-0.05, 0) is 0 Å². The van der Waals surface area contributed by atoms with E-state index in [1.165, 1.54) is 63.9 Å². The van der Waals surface area contributed by atoms with Crippen molar-refractivity contribution < 1.29 is 0 Å². The van der Waals surface area contributed by atoms with Gasteiger partial charge in [-0.25, -0.2) is 0 Å². The van der Waals surface area contributed by atoms with Crippen LogP contribution >= 0.6 is 0 Å². The van der Waals surface area contributed by atoms with Gasteiger partial charge in [-0.15, -0.1) is 0 Å². The predicted octanol–water partition coefficient (Wildman–Crippen LogP) is 7.56. The summed E-state index contributed by atoms with van der Waals surface area (Å²) in [5.41, 5.74) is 1.18. The molecule has 0 saturated heterocycles. The van der Waals surface area contributed by atoms with Crippen molar-refractivity contribution >= 4 is 27.8 Å². The number of hydrogen-bond donors (Lipinski definition) is 0. The molecule has 1 aromatic rings. The van der Waals surface area contributed by atoms with Crippen molar-refractivity contribution in [2.24, 2.45) is 4.99 Å². The zero-order valence-corrected chi connectivity index (χ0v) is 18.8. The molecule has 0 N–H and O–H groups in total. The summed E-state index contributed by atoms with van der Waals surface area (Å²) in [6.07, 6.45) is 9.41. The Balaban J connectivity index is 3.15. The first kappa shape index (κ1) is 20.7. The monoisotopic (exact) mass is 423 g/mol. The van der Waals surface area contributed by atoms with Crippen molar-refractivity contribution in [2.75, 3.05) is 0 Å². The molecule has 0 heterocycles. The average Bonchev–Trinajstić information content (AvgIpc) is 2.60. The molecular formula is C21H37NSn. The van der Waals surface area contributed by atoms with E-state index in [1.807, 2.05) is 0 Å². The first-order chi connectivity index (χ1) is 11.2. The van der Waals surface area contributed by atoms with Crippen LogP contribution in [-0.2, 0) is 0 Å². The Labute approximate surface area is 148 Å². The minimum atomic E-state index is -2.31. The quantitative estimate of drug-likeness (QED) is 0.244. The molecule has 1 nitrogen and oxygen atoms in total. The second-order valence-corrected chi connectivity index (χ2v) is 20.1. The van der Waals surface area contributed by atoms with E-state index >= 15 is 0 Å². The molecule has 0 aliphatic heterocycles. The molecular weight excluding hydrogens is 385 g/mol. The van der Waals surface area contributed by atoms with Gasteiger partial charge in [0.05, 0.1) is 0 Å². The molecule has 0 aliphatic rings. The maximum atomic E-state index is 5.22. The molecule has 0 atom stereocenters. The van der Waals surface area contributed by atoms with Crippen LogP contribution < -0.4 is 0 Å². The van der Waals surface area contributed by atoms with Crippen molar-refractivity contribution in [2.45, 2.75) is 86.0 Å². The van der Waals surface area contributed by atoms with Crippen LogP contribution in [0.3, 0.4) is 0 Å². The average molecular weight is 422 g/mol. The summed E-state index contributed by atoms with van der Waals surface area (Å²) in [6, 6.07) is 10.7. The molecule has 0 radical (unpaired) electrons. The number of unbranched alkanes of at least 4 members (excludes halogenated alkanes) is 3. The third-order valence-electron chi connectivity index (χ3n) is 4.99. The van der Waals surface area contributed by atoms with Gasteiger partial charge in [-0.3, -0.25) is 0 Å². The van der Waals surface area contributed by atoms with Crippen LogP contribution in [0.25, 0.3) is 0 Å². The second-order valence-electron chi connectivity index (χ2n) is 6.84. The standard InChI is InChI=1S/C9H10N.3C4H9.Sn/c1-2-8-10-9-6-4-3-5-7-9;3*1-3-4-2;/h3-7H,2H2,1H3;3*1,3-4H2,2H3;. The molecule has 0 saturated carbocycles. The number of aliphatic imine (C=N–C) groups is 1. The van der Waals surface area contributed by atoms with Gasteiger partial charge >= 0.3 is 149 Å². The van der Waals surface area contributed by atoms with E-state index < -0.39 is 18.4 Å². The summed E-state index contributed by atoms with van der Waals surface area (Å²) in [4.78, 5) is 5.22. The molecule has 1 rings (SSSR count). The molecule has 0 aromatic heterocycles. The normalized spacial score (nSPS) is 12.6. The van der Waals surface area contributed by atoms with Gasteiger partial charge in [0.2, 0.25) is 0 Å². The number of para-hydroxylation sites is 1. The third-order valence-corrected chi connectivity index (χ3v) is 21.0. The number of benzene rings is 1. The van der Waals surface area contributed by atoms with Crippen LogP contribution in [0.15, 0.2) is 35.3 Å². The van der Waals surface area contributed by atoms with Gasteiger partial charge < -0.3 is 0 Å². The van der Waals surface area contributed by atoms with E-state index in [1.54, 1.807) is 3.73 Å². The van der Waals surface area contributed by atoms with Crippen molar-refractivity contribution in [1.29, 1.82) is 0 Å². The first-order valence-electron chi connectivity index (χ1n) is 9.85. The fourth-order valence-corrected chi connectivity index (χ4v) is 20.2. The Morgan fingerprint density at radius 3 is 1.65 bits per heavy atom. The predicted molar refractivity (Wildman–Crippen MR) is 109 cm³/mol. The Hall–Kier alpha value is -0.311. The van der Waals surface area contributed by atoms with Gasteiger partial charge in [-0.2, -0.15) is 0 Å². The number of nitrogens with zero attached hydrogens (tertiary/aromatic N) is 1. The van der Waals surface area contributed by atoms with E-state index in [0.29, 0.717) is 0 Å². The van der Waals surface area contributed by atoms with Gasteiger partial charge in [0, 0.05) is 0 Å². The van der Waals surface area contributed by atoms with E-state index in [4.69, 9.17) is 4.99 Å². The summed E-state index contributed by atoms with van der Waals surface area (Å²) in [7, 11) is 0. The van der Waals surface area contributed by atoms with Gasteiger partial charge in [0.1, 0.15) is 0 Å². The maximum absolute atomic E-state index is 5.22. The minimum absolute atomic E-state index is 1.17. The zero-order valence-electron chi connectivity index (χ0n) is 15.9. The van der Waals surface area contributed by atoms with Crippen molar-refractivity contribution in [3.05, 3.63) is 30.3 Å². The summed E-state index contributed by atoms with van der Waals surface area (Å²) in [5.74, 6) is 0. The van der Waals surface area contributed by atoms with Crippen LogP contribution in [-0.4, -0.2) is 22.1 Å². The number of hydrogen-bond acceptors (Lipinski definition) is 1. The van der Waals surface area contributed by atoms with Crippen molar-refractivity contribution in [3.63, 3.8) is 0 Å². The van der Waals surface area contributed by atoms with Crippen LogP contribution in [0, 0.1) is 0 Å². The van der Waals surface area contributed by atoms with Crippen LogP contribution in [0.5, 0.6) is 0 Å². The van der Waals surface area contributed by atoms with Gasteiger partial charge in [0.15, 0.2) is 0 Å². The molecule has 0 amide bonds.